The summed E-state index contributed by atoms with van der Waals surface area (Å²) in [5.41, 5.74) is 2.70. The number of aromatic nitrogens is 1. The van der Waals surface area contributed by atoms with Crippen molar-refractivity contribution in [3.05, 3.63) is 53.5 Å². The summed E-state index contributed by atoms with van der Waals surface area (Å²) in [6, 6.07) is 6.96. The zero-order valence-corrected chi connectivity index (χ0v) is 15.7. The van der Waals surface area contributed by atoms with Gasteiger partial charge in [-0.1, -0.05) is 12.1 Å². The smallest absolute Gasteiger partial charge is 0.384 e. The van der Waals surface area contributed by atoms with Gasteiger partial charge in [0, 0.05) is 12.7 Å². The van der Waals surface area contributed by atoms with Crippen LogP contribution in [0.15, 0.2) is 36.5 Å². The van der Waals surface area contributed by atoms with Gasteiger partial charge >= 0.3 is 12.4 Å². The van der Waals surface area contributed by atoms with Crippen molar-refractivity contribution in [1.82, 2.24) is 10.4 Å². The van der Waals surface area contributed by atoms with Gasteiger partial charge in [0.1, 0.15) is 17.8 Å². The van der Waals surface area contributed by atoms with E-state index >= 15 is 0 Å². The molecule has 31 heavy (non-hydrogen) atoms. The molecule has 168 valence electrons. The number of halogens is 7. The molecule has 0 spiro atoms. The molecule has 0 bridgehead atoms. The average molecular weight is 450 g/mol. The van der Waals surface area contributed by atoms with Crippen LogP contribution in [0.4, 0.5) is 42.2 Å². The number of benzene rings is 1. The number of amides is 1. The van der Waals surface area contributed by atoms with Gasteiger partial charge in [0.25, 0.3) is 0 Å². The zero-order chi connectivity index (χ0) is 22.8. The maximum atomic E-state index is 13.6. The van der Waals surface area contributed by atoms with Gasteiger partial charge in [-0.3, -0.25) is 15.6 Å². The zero-order valence-electron chi connectivity index (χ0n) is 15.7. The van der Waals surface area contributed by atoms with E-state index in [1.165, 1.54) is 12.1 Å². The maximum Gasteiger partial charge on any atom is 0.422 e. The molecule has 5 nitrogen and oxygen atoms in total. The number of hydrogen-bond donors (Lipinski definition) is 3. The highest BCUT2D eigenvalue weighted by Gasteiger charge is 2.40. The van der Waals surface area contributed by atoms with Crippen molar-refractivity contribution in [2.45, 2.75) is 31.1 Å². The van der Waals surface area contributed by atoms with Crippen LogP contribution in [0.1, 0.15) is 29.9 Å². The molecule has 1 aromatic heterocycles. The lowest BCUT2D eigenvalue weighted by Gasteiger charge is -2.19. The van der Waals surface area contributed by atoms with Gasteiger partial charge in [-0.2, -0.15) is 26.3 Å². The van der Waals surface area contributed by atoms with Crippen molar-refractivity contribution in [3.63, 3.8) is 0 Å². The Hall–Kier alpha value is -3.05. The Morgan fingerprint density at radius 1 is 1.06 bits per heavy atom. The van der Waals surface area contributed by atoms with Crippen molar-refractivity contribution in [2.24, 2.45) is 5.92 Å². The number of anilines is 2. The van der Waals surface area contributed by atoms with Crippen LogP contribution in [0.25, 0.3) is 0 Å². The molecule has 0 aliphatic heterocycles. The quantitative estimate of drug-likeness (QED) is 0.417. The Morgan fingerprint density at radius 2 is 1.74 bits per heavy atom. The number of rotatable bonds is 7. The summed E-state index contributed by atoms with van der Waals surface area (Å²) in [4.78, 5) is 14.7. The van der Waals surface area contributed by atoms with Gasteiger partial charge in [-0.05, 0) is 42.0 Å². The Balaban J connectivity index is 1.67. The Bertz CT molecular complexity index is 928. The molecule has 3 N–H and O–H groups in total. The van der Waals surface area contributed by atoms with Crippen LogP contribution in [0, 0.1) is 11.7 Å². The largest absolute Gasteiger partial charge is 0.422 e. The summed E-state index contributed by atoms with van der Waals surface area (Å²) < 4.78 is 90.4. The normalized spacial score (nSPS) is 18.4. The average Bonchev–Trinajstić information content (AvgIpc) is 3.42. The van der Waals surface area contributed by atoms with Crippen molar-refractivity contribution in [1.29, 1.82) is 0 Å². The molecule has 1 aromatic carbocycles. The van der Waals surface area contributed by atoms with E-state index in [1.54, 1.807) is 17.6 Å². The highest BCUT2D eigenvalue weighted by Crippen LogP contribution is 2.48. The van der Waals surface area contributed by atoms with Crippen molar-refractivity contribution < 1.29 is 35.5 Å². The third-order valence-electron chi connectivity index (χ3n) is 4.69. The third kappa shape index (κ3) is 6.22. The molecule has 0 unspecified atom stereocenters. The molecule has 0 saturated heterocycles. The maximum absolute atomic E-state index is 13.6. The number of nitrogens with zero attached hydrogens (tertiary/aromatic N) is 1. The SMILES string of the molecule is O=C(CC(F)(F)F)NNc1nccc(NC[C@H]2C[C@@H]2c2ccc(F)cc2)c1C(F)(F)F. The molecular weight excluding hydrogens is 433 g/mol. The van der Waals surface area contributed by atoms with Crippen LogP contribution >= 0.6 is 0 Å². The van der Waals surface area contributed by atoms with Crippen LogP contribution in [0.5, 0.6) is 0 Å². The summed E-state index contributed by atoms with van der Waals surface area (Å²) in [6.07, 6.45) is -9.82. The first-order valence-electron chi connectivity index (χ1n) is 9.11. The van der Waals surface area contributed by atoms with Crippen molar-refractivity contribution >= 4 is 17.4 Å². The molecule has 3 rings (SSSR count). The monoisotopic (exact) mass is 450 g/mol. The fraction of sp³-hybridized carbons (Fsp3) is 0.368. The first-order chi connectivity index (χ1) is 14.4. The predicted octanol–water partition coefficient (Wildman–Crippen LogP) is 4.85. The first-order valence-corrected chi connectivity index (χ1v) is 9.11. The van der Waals surface area contributed by atoms with Crippen LogP contribution in [-0.4, -0.2) is 23.6 Å². The van der Waals surface area contributed by atoms with Crippen LogP contribution < -0.4 is 16.2 Å². The second-order valence-corrected chi connectivity index (χ2v) is 7.08. The Labute approximate surface area is 172 Å². The van der Waals surface area contributed by atoms with E-state index < -0.39 is 36.1 Å². The standard InChI is InChI=1S/C19H17F7N4O/c20-12-3-1-10(2-4-12)13-7-11(13)9-28-14-5-6-27-17(16(14)19(24,25)26)30-29-15(31)8-18(21,22)23/h1-6,11,13H,7-9H2,(H,29,31)(H2,27,28,30)/t11-,13-/m1/s1. The number of alkyl halides is 6. The summed E-state index contributed by atoms with van der Waals surface area (Å²) >= 11 is 0. The van der Waals surface area contributed by atoms with Crippen LogP contribution in [0.2, 0.25) is 0 Å². The van der Waals surface area contributed by atoms with E-state index in [1.807, 2.05) is 5.43 Å². The number of hydrogen-bond acceptors (Lipinski definition) is 4. The number of carbonyl (C=O) groups is 1. The first kappa shape index (κ1) is 22.6. The molecule has 1 heterocycles. The number of pyridine rings is 1. The topological polar surface area (TPSA) is 66.0 Å². The van der Waals surface area contributed by atoms with Crippen LogP contribution in [0.3, 0.4) is 0 Å². The minimum absolute atomic E-state index is 0.0302. The molecule has 0 radical (unpaired) electrons. The highest BCUT2D eigenvalue weighted by atomic mass is 19.4. The van der Waals surface area contributed by atoms with E-state index in [0.29, 0.717) is 6.42 Å². The molecule has 2 atom stereocenters. The number of nitrogens with one attached hydrogen (secondary N) is 3. The van der Waals surface area contributed by atoms with Gasteiger partial charge in [0.05, 0.1) is 5.69 Å². The fourth-order valence-electron chi connectivity index (χ4n) is 3.18. The lowest BCUT2D eigenvalue weighted by atomic mass is 10.1. The summed E-state index contributed by atoms with van der Waals surface area (Å²) in [5.74, 6) is -2.65. The van der Waals surface area contributed by atoms with Crippen LogP contribution in [-0.2, 0) is 11.0 Å². The molecule has 2 aromatic rings. The molecular formula is C19H17F7N4O. The van der Waals surface area contributed by atoms with E-state index in [9.17, 15) is 35.5 Å². The molecule has 1 aliphatic carbocycles. The number of hydrazine groups is 1. The van der Waals surface area contributed by atoms with Gasteiger partial charge in [-0.25, -0.2) is 9.37 Å². The van der Waals surface area contributed by atoms with Gasteiger partial charge in [0.2, 0.25) is 5.91 Å². The van der Waals surface area contributed by atoms with Gasteiger partial charge < -0.3 is 5.32 Å². The summed E-state index contributed by atoms with van der Waals surface area (Å²) in [5, 5.41) is 2.69. The van der Waals surface area contributed by atoms with Gasteiger partial charge in [0.15, 0.2) is 5.82 Å². The molecule has 1 amide bonds. The fourth-order valence-corrected chi connectivity index (χ4v) is 3.18. The third-order valence-corrected chi connectivity index (χ3v) is 4.69. The van der Waals surface area contributed by atoms with Crippen molar-refractivity contribution in [3.8, 4) is 0 Å². The van der Waals surface area contributed by atoms with E-state index in [2.05, 4.69) is 10.3 Å². The molecule has 12 heteroatoms. The molecule has 1 fully saturated rings. The highest BCUT2D eigenvalue weighted by molar-refractivity contribution is 5.78. The summed E-state index contributed by atoms with van der Waals surface area (Å²) in [7, 11) is 0. The second-order valence-electron chi connectivity index (χ2n) is 7.08. The van der Waals surface area contributed by atoms with Crippen molar-refractivity contribution in [2.75, 3.05) is 17.3 Å². The second kappa shape index (κ2) is 8.60. The Morgan fingerprint density at radius 3 is 2.35 bits per heavy atom. The lowest BCUT2D eigenvalue weighted by Crippen LogP contribution is -2.34. The van der Waals surface area contributed by atoms with E-state index in [-0.39, 0.29) is 29.9 Å². The van der Waals surface area contributed by atoms with E-state index in [0.717, 1.165) is 17.8 Å². The summed E-state index contributed by atoms with van der Waals surface area (Å²) in [6.45, 7) is 0.189. The van der Waals surface area contributed by atoms with Gasteiger partial charge in [-0.15, -0.1) is 0 Å². The number of carbonyl (C=O) groups excluding carboxylic acids is 1. The van der Waals surface area contributed by atoms with E-state index in [4.69, 9.17) is 0 Å². The lowest BCUT2D eigenvalue weighted by molar-refractivity contribution is -0.153. The Kier molecular flexibility index (Phi) is 6.27. The minimum atomic E-state index is -4.90. The predicted molar refractivity (Wildman–Crippen MR) is 97.4 cm³/mol. The molecule has 1 saturated carbocycles. The molecule has 1 aliphatic rings. The minimum Gasteiger partial charge on any atom is -0.384 e.